The van der Waals surface area contributed by atoms with Gasteiger partial charge in [0.2, 0.25) is 5.95 Å². The fourth-order valence-corrected chi connectivity index (χ4v) is 3.30. The van der Waals surface area contributed by atoms with Gasteiger partial charge in [-0.1, -0.05) is 0 Å². The first-order valence-corrected chi connectivity index (χ1v) is 8.44. The topological polar surface area (TPSA) is 73.8 Å². The van der Waals surface area contributed by atoms with Crippen LogP contribution in [0, 0.1) is 5.82 Å². The van der Waals surface area contributed by atoms with E-state index in [1.165, 1.54) is 12.1 Å². The first-order chi connectivity index (χ1) is 12.7. The second-order valence-electron chi connectivity index (χ2n) is 6.17. The van der Waals surface area contributed by atoms with E-state index in [9.17, 15) is 9.18 Å². The molecule has 0 unspecified atom stereocenters. The van der Waals surface area contributed by atoms with Gasteiger partial charge in [0.15, 0.2) is 6.79 Å². The highest BCUT2D eigenvalue weighted by Gasteiger charge is 2.33. The van der Waals surface area contributed by atoms with Crippen LogP contribution in [0.25, 0.3) is 0 Å². The molecule has 0 aliphatic carbocycles. The lowest BCUT2D eigenvalue weighted by Crippen LogP contribution is -2.38. The van der Waals surface area contributed by atoms with Crippen LogP contribution in [0.3, 0.4) is 0 Å². The first kappa shape index (κ1) is 16.7. The van der Waals surface area contributed by atoms with Gasteiger partial charge in [0.1, 0.15) is 24.2 Å². The summed E-state index contributed by atoms with van der Waals surface area (Å²) in [5.74, 6) is 0.250. The van der Waals surface area contributed by atoms with Crippen LogP contribution in [-0.2, 0) is 27.5 Å². The summed E-state index contributed by atoms with van der Waals surface area (Å²) in [7, 11) is 0. The highest BCUT2D eigenvalue weighted by Crippen LogP contribution is 2.30. The van der Waals surface area contributed by atoms with Crippen molar-refractivity contribution in [3.63, 3.8) is 0 Å². The molecule has 7 nitrogen and oxygen atoms in total. The molecule has 136 valence electrons. The van der Waals surface area contributed by atoms with Crippen molar-refractivity contribution in [2.45, 2.75) is 32.1 Å². The van der Waals surface area contributed by atoms with Crippen LogP contribution in [0.1, 0.15) is 24.0 Å². The predicted molar refractivity (Wildman–Crippen MR) is 88.9 cm³/mol. The molecular weight excluding hydrogens is 341 g/mol. The van der Waals surface area contributed by atoms with Gasteiger partial charge in [0.05, 0.1) is 6.61 Å². The van der Waals surface area contributed by atoms with Crippen molar-refractivity contribution in [2.75, 3.05) is 18.2 Å². The molecule has 1 fully saturated rings. The Balaban J connectivity index is 1.47. The van der Waals surface area contributed by atoms with E-state index in [-0.39, 0.29) is 26.0 Å². The summed E-state index contributed by atoms with van der Waals surface area (Å²) in [6.07, 6.45) is 4.81. The number of hydrogen-bond donors (Lipinski definition) is 0. The van der Waals surface area contributed by atoms with Crippen molar-refractivity contribution in [1.82, 2.24) is 9.97 Å². The Bertz CT molecular complexity index is 803. The quantitative estimate of drug-likeness (QED) is 0.775. The second-order valence-corrected chi connectivity index (χ2v) is 6.17. The van der Waals surface area contributed by atoms with Crippen molar-refractivity contribution in [1.29, 1.82) is 0 Å². The zero-order valence-electron chi connectivity index (χ0n) is 14.1. The molecule has 0 spiro atoms. The van der Waals surface area contributed by atoms with E-state index in [1.807, 2.05) is 4.90 Å². The molecule has 0 N–H and O–H groups in total. The molecule has 0 bridgehead atoms. The van der Waals surface area contributed by atoms with E-state index < -0.39 is 11.9 Å². The minimum Gasteiger partial charge on any atom is -0.467 e. The van der Waals surface area contributed by atoms with Gasteiger partial charge in [-0.3, -0.25) is 0 Å². The van der Waals surface area contributed by atoms with E-state index in [1.54, 1.807) is 18.5 Å². The number of carbonyl (C=O) groups excluding carboxylic acids is 1. The maximum absolute atomic E-state index is 13.8. The molecule has 0 amide bonds. The smallest absolute Gasteiger partial charge is 0.329 e. The van der Waals surface area contributed by atoms with Gasteiger partial charge in [-0.05, 0) is 31.0 Å². The second kappa shape index (κ2) is 7.25. The summed E-state index contributed by atoms with van der Waals surface area (Å²) >= 11 is 0. The summed E-state index contributed by atoms with van der Waals surface area (Å²) in [6, 6.07) is 3.98. The van der Waals surface area contributed by atoms with Crippen LogP contribution in [-0.4, -0.2) is 35.3 Å². The average molecular weight is 359 g/mol. The zero-order chi connectivity index (χ0) is 17.9. The lowest BCUT2D eigenvalue weighted by molar-refractivity contribution is -0.146. The number of nitrogens with zero attached hydrogens (tertiary/aromatic N) is 3. The van der Waals surface area contributed by atoms with E-state index in [0.717, 1.165) is 6.42 Å². The monoisotopic (exact) mass is 359 g/mol. The van der Waals surface area contributed by atoms with Gasteiger partial charge >= 0.3 is 5.97 Å². The number of rotatable bonds is 4. The van der Waals surface area contributed by atoms with E-state index in [0.29, 0.717) is 35.8 Å². The summed E-state index contributed by atoms with van der Waals surface area (Å²) in [6.45, 7) is 1.01. The number of fused-ring (bicyclic) bond motifs is 1. The molecule has 0 radical (unpaired) electrons. The molecule has 1 saturated heterocycles. The summed E-state index contributed by atoms with van der Waals surface area (Å²) in [5, 5.41) is 0. The lowest BCUT2D eigenvalue weighted by atomic mass is 10.1. The number of halogens is 1. The number of aromatic nitrogens is 2. The molecule has 1 atom stereocenters. The Labute approximate surface area is 149 Å². The van der Waals surface area contributed by atoms with Gasteiger partial charge in [-0.2, -0.15) is 0 Å². The highest BCUT2D eigenvalue weighted by atomic mass is 19.1. The minimum atomic E-state index is -0.439. The Morgan fingerprint density at radius 3 is 3.04 bits per heavy atom. The molecule has 0 saturated carbocycles. The number of benzene rings is 1. The maximum atomic E-state index is 13.8. The number of ether oxygens (including phenoxy) is 3. The number of esters is 1. The number of carbonyl (C=O) groups is 1. The van der Waals surface area contributed by atoms with Crippen LogP contribution < -0.4 is 9.64 Å². The van der Waals surface area contributed by atoms with Crippen LogP contribution in [0.4, 0.5) is 10.3 Å². The Hall–Kier alpha value is -2.74. The number of hydrogen-bond acceptors (Lipinski definition) is 7. The van der Waals surface area contributed by atoms with Gasteiger partial charge < -0.3 is 19.1 Å². The van der Waals surface area contributed by atoms with E-state index in [2.05, 4.69) is 9.97 Å². The fraction of sp³-hybridized carbons (Fsp3) is 0.389. The largest absolute Gasteiger partial charge is 0.467 e. The standard InChI is InChI=1S/C18H18FN3O4/c19-14-7-12-9-24-11-26-16(12)13(8-14)10-25-17(23)15-3-1-6-22(15)18-20-4-2-5-21-18/h2,4-5,7-8,15H,1,3,6,9-11H2/t15-/m1/s1. The zero-order valence-corrected chi connectivity index (χ0v) is 14.1. The SMILES string of the molecule is O=C(OCc1cc(F)cc2c1OCOC2)[C@H]1CCCN1c1ncccn1. The van der Waals surface area contributed by atoms with Crippen molar-refractivity contribution >= 4 is 11.9 Å². The van der Waals surface area contributed by atoms with Crippen molar-refractivity contribution in [3.05, 3.63) is 47.5 Å². The van der Waals surface area contributed by atoms with Crippen LogP contribution >= 0.6 is 0 Å². The molecule has 2 aliphatic heterocycles. The lowest BCUT2D eigenvalue weighted by Gasteiger charge is -2.24. The molecule has 2 aromatic rings. The maximum Gasteiger partial charge on any atom is 0.329 e. The molecule has 2 aliphatic rings. The van der Waals surface area contributed by atoms with Gasteiger partial charge in [0, 0.05) is 30.1 Å². The molecule has 8 heteroatoms. The molecular formula is C18H18FN3O4. The Morgan fingerprint density at radius 2 is 2.19 bits per heavy atom. The predicted octanol–water partition coefficient (Wildman–Crippen LogP) is 2.19. The van der Waals surface area contributed by atoms with Gasteiger partial charge in [-0.25, -0.2) is 19.2 Å². The van der Waals surface area contributed by atoms with Crippen molar-refractivity contribution < 1.29 is 23.4 Å². The van der Waals surface area contributed by atoms with Crippen LogP contribution in [0.5, 0.6) is 5.75 Å². The fourth-order valence-electron chi connectivity index (χ4n) is 3.30. The van der Waals surface area contributed by atoms with Gasteiger partial charge in [0.25, 0.3) is 0 Å². The minimum absolute atomic E-state index is 0.0566. The molecule has 26 heavy (non-hydrogen) atoms. The number of anilines is 1. The molecule has 1 aromatic carbocycles. The average Bonchev–Trinajstić information content (AvgIpc) is 3.16. The first-order valence-electron chi connectivity index (χ1n) is 8.44. The van der Waals surface area contributed by atoms with Crippen LogP contribution in [0.2, 0.25) is 0 Å². The third kappa shape index (κ3) is 3.32. The van der Waals surface area contributed by atoms with E-state index in [4.69, 9.17) is 14.2 Å². The van der Waals surface area contributed by atoms with Crippen molar-refractivity contribution in [3.8, 4) is 5.75 Å². The van der Waals surface area contributed by atoms with Crippen molar-refractivity contribution in [2.24, 2.45) is 0 Å². The Morgan fingerprint density at radius 1 is 1.35 bits per heavy atom. The normalized spacial score (nSPS) is 19.0. The Kier molecular flexibility index (Phi) is 4.66. The highest BCUT2D eigenvalue weighted by molar-refractivity contribution is 5.80. The summed E-state index contributed by atoms with van der Waals surface area (Å²) < 4.78 is 29.9. The van der Waals surface area contributed by atoms with Gasteiger partial charge in [-0.15, -0.1) is 0 Å². The third-order valence-corrected chi connectivity index (χ3v) is 4.46. The molecule has 1 aromatic heterocycles. The molecule has 4 rings (SSSR count). The van der Waals surface area contributed by atoms with Crippen LogP contribution in [0.15, 0.2) is 30.6 Å². The third-order valence-electron chi connectivity index (χ3n) is 4.46. The summed E-state index contributed by atoms with van der Waals surface area (Å²) in [4.78, 5) is 22.8. The molecule has 3 heterocycles. The van der Waals surface area contributed by atoms with E-state index >= 15 is 0 Å². The summed E-state index contributed by atoms with van der Waals surface area (Å²) in [5.41, 5.74) is 1.11.